The first kappa shape index (κ1) is 16.2. The average molecular weight is 481 g/mol. The van der Waals surface area contributed by atoms with Gasteiger partial charge < -0.3 is 9.62 Å². The molecule has 0 aliphatic carbocycles. The minimum atomic E-state index is 0. The van der Waals surface area contributed by atoms with Gasteiger partial charge in [-0.25, -0.2) is 4.98 Å². The van der Waals surface area contributed by atoms with E-state index in [4.69, 9.17) is 0 Å². The Morgan fingerprint density at radius 2 is 1.78 bits per heavy atom. The maximum absolute atomic E-state index is 4.65. The number of aromatic nitrogens is 1. The second-order valence-corrected chi connectivity index (χ2v) is 5.72. The van der Waals surface area contributed by atoms with E-state index in [9.17, 15) is 0 Å². The Kier molecular flexibility index (Phi) is 4.84. The molecule has 23 heavy (non-hydrogen) atoms. The summed E-state index contributed by atoms with van der Waals surface area (Å²) < 4.78 is 0. The van der Waals surface area contributed by atoms with Gasteiger partial charge in [0, 0.05) is 45.9 Å². The van der Waals surface area contributed by atoms with Crippen LogP contribution in [0.15, 0.2) is 60.8 Å². The SMILES string of the molecule is CN1[B]N(c2ccc(-c3cccc4ccccc34)cn2)CC1.[Pt]. The molecule has 1 aromatic heterocycles. The first-order valence-corrected chi connectivity index (χ1v) is 7.57. The van der Waals surface area contributed by atoms with E-state index in [1.807, 2.05) is 6.20 Å². The maximum Gasteiger partial charge on any atom is 0.353 e. The quantitative estimate of drug-likeness (QED) is 0.525. The molecule has 117 valence electrons. The summed E-state index contributed by atoms with van der Waals surface area (Å²) in [4.78, 5) is 9.01. The summed E-state index contributed by atoms with van der Waals surface area (Å²) in [5.41, 5.74) is 2.40. The van der Waals surface area contributed by atoms with Gasteiger partial charge in [-0.15, -0.1) is 0 Å². The van der Waals surface area contributed by atoms with Gasteiger partial charge in [0.15, 0.2) is 0 Å². The van der Waals surface area contributed by atoms with E-state index >= 15 is 0 Å². The molecule has 2 heterocycles. The monoisotopic (exact) mass is 481 g/mol. The molecule has 5 heteroatoms. The van der Waals surface area contributed by atoms with Gasteiger partial charge in [0.05, 0.1) is 0 Å². The van der Waals surface area contributed by atoms with Crippen molar-refractivity contribution < 1.29 is 21.1 Å². The molecule has 3 nitrogen and oxygen atoms in total. The molecule has 0 atom stereocenters. The first-order valence-electron chi connectivity index (χ1n) is 7.57. The van der Waals surface area contributed by atoms with Crippen molar-refractivity contribution in [3.63, 3.8) is 0 Å². The van der Waals surface area contributed by atoms with E-state index in [2.05, 4.69) is 83.8 Å². The molecular weight excluding hydrogens is 464 g/mol. The molecule has 1 aliphatic rings. The molecule has 0 N–H and O–H groups in total. The summed E-state index contributed by atoms with van der Waals surface area (Å²) >= 11 is 0. The number of benzene rings is 2. The van der Waals surface area contributed by atoms with Crippen LogP contribution in [0.2, 0.25) is 0 Å². The van der Waals surface area contributed by atoms with Crippen molar-refractivity contribution in [2.75, 3.05) is 24.9 Å². The van der Waals surface area contributed by atoms with Crippen LogP contribution in [0.4, 0.5) is 5.82 Å². The Labute approximate surface area is 151 Å². The van der Waals surface area contributed by atoms with Crippen LogP contribution in [0.3, 0.4) is 0 Å². The van der Waals surface area contributed by atoms with Gasteiger partial charge in [-0.2, -0.15) is 0 Å². The van der Waals surface area contributed by atoms with E-state index in [1.54, 1.807) is 0 Å². The van der Waals surface area contributed by atoms with Crippen LogP contribution in [0.5, 0.6) is 0 Å². The van der Waals surface area contributed by atoms with E-state index in [0.717, 1.165) is 24.5 Å². The third-order valence-corrected chi connectivity index (χ3v) is 4.17. The minimum absolute atomic E-state index is 0. The maximum atomic E-state index is 4.65. The van der Waals surface area contributed by atoms with Crippen LogP contribution in [-0.4, -0.2) is 37.5 Å². The largest absolute Gasteiger partial charge is 0.388 e. The van der Waals surface area contributed by atoms with Crippen LogP contribution in [0.25, 0.3) is 21.9 Å². The zero-order valence-corrected chi connectivity index (χ0v) is 15.2. The van der Waals surface area contributed by atoms with Gasteiger partial charge in [0.2, 0.25) is 0 Å². The fraction of sp³-hybridized carbons (Fsp3) is 0.167. The molecule has 1 aliphatic heterocycles. The number of anilines is 1. The molecule has 1 radical (unpaired) electrons. The van der Waals surface area contributed by atoms with Crippen molar-refractivity contribution in [2.24, 2.45) is 0 Å². The third-order valence-electron chi connectivity index (χ3n) is 4.17. The first-order chi connectivity index (χ1) is 10.8. The normalized spacial score (nSPS) is 14.6. The summed E-state index contributed by atoms with van der Waals surface area (Å²) in [6, 6.07) is 19.2. The predicted molar refractivity (Wildman–Crippen MR) is 92.9 cm³/mol. The smallest absolute Gasteiger partial charge is 0.353 e. The van der Waals surface area contributed by atoms with Crippen molar-refractivity contribution in [3.8, 4) is 11.1 Å². The molecule has 0 unspecified atom stereocenters. The van der Waals surface area contributed by atoms with Crippen LogP contribution in [-0.2, 0) is 21.1 Å². The fourth-order valence-electron chi connectivity index (χ4n) is 2.99. The van der Waals surface area contributed by atoms with Gasteiger partial charge in [-0.3, -0.25) is 0 Å². The molecule has 1 fully saturated rings. The Balaban J connectivity index is 0.00000156. The molecule has 1 saturated heterocycles. The molecule has 2 aromatic carbocycles. The number of hydrogen-bond acceptors (Lipinski definition) is 3. The van der Waals surface area contributed by atoms with E-state index < -0.39 is 0 Å². The molecule has 0 saturated carbocycles. The number of pyridine rings is 1. The molecular formula is C18H17BN3Pt. The summed E-state index contributed by atoms with van der Waals surface area (Å²) in [7, 11) is 4.20. The zero-order valence-electron chi connectivity index (χ0n) is 12.9. The van der Waals surface area contributed by atoms with Crippen LogP contribution in [0, 0.1) is 0 Å². The van der Waals surface area contributed by atoms with E-state index in [0.29, 0.717) is 0 Å². The number of rotatable bonds is 2. The van der Waals surface area contributed by atoms with Gasteiger partial charge in [0.1, 0.15) is 5.82 Å². The summed E-state index contributed by atoms with van der Waals surface area (Å²) in [5, 5.41) is 2.53. The van der Waals surface area contributed by atoms with Crippen molar-refractivity contribution in [1.29, 1.82) is 0 Å². The van der Waals surface area contributed by atoms with Gasteiger partial charge >= 0.3 is 7.55 Å². The number of fused-ring (bicyclic) bond motifs is 1. The Hall–Kier alpha value is -1.64. The van der Waals surface area contributed by atoms with Crippen molar-refractivity contribution in [3.05, 3.63) is 60.8 Å². The Bertz CT molecular complexity index is 801. The number of hydrogen-bond donors (Lipinski definition) is 0. The molecule has 0 bridgehead atoms. The standard InChI is InChI=1S/C18H17BN3.Pt/c1-21-11-12-22(19-21)18-10-9-15(13-20-18)17-8-4-6-14-5-2-3-7-16(14)17;/h2-10,13H,11-12H2,1H3;. The minimum Gasteiger partial charge on any atom is -0.388 e. The van der Waals surface area contributed by atoms with Crippen LogP contribution >= 0.6 is 0 Å². The van der Waals surface area contributed by atoms with Crippen molar-refractivity contribution in [1.82, 2.24) is 9.79 Å². The van der Waals surface area contributed by atoms with Crippen molar-refractivity contribution >= 4 is 24.1 Å². The van der Waals surface area contributed by atoms with Gasteiger partial charge in [-0.05, 0) is 35.5 Å². The topological polar surface area (TPSA) is 19.4 Å². The molecule has 4 rings (SSSR count). The molecule has 0 spiro atoms. The molecule has 3 aromatic rings. The Morgan fingerprint density at radius 1 is 0.957 bits per heavy atom. The second kappa shape index (κ2) is 6.86. The molecule has 0 amide bonds. The van der Waals surface area contributed by atoms with Crippen LogP contribution in [0.1, 0.15) is 0 Å². The summed E-state index contributed by atoms with van der Waals surface area (Å²) in [6.07, 6.45) is 1.98. The second-order valence-electron chi connectivity index (χ2n) is 5.72. The number of nitrogens with zero attached hydrogens (tertiary/aromatic N) is 3. The summed E-state index contributed by atoms with van der Waals surface area (Å²) in [5.74, 6) is 1.01. The van der Waals surface area contributed by atoms with Crippen molar-refractivity contribution in [2.45, 2.75) is 0 Å². The predicted octanol–water partition coefficient (Wildman–Crippen LogP) is 3.19. The van der Waals surface area contributed by atoms with E-state index in [-0.39, 0.29) is 21.1 Å². The average Bonchev–Trinajstić information content (AvgIpc) is 3.01. The van der Waals surface area contributed by atoms with E-state index in [1.165, 1.54) is 16.3 Å². The van der Waals surface area contributed by atoms with Gasteiger partial charge in [-0.1, -0.05) is 42.5 Å². The van der Waals surface area contributed by atoms with Crippen LogP contribution < -0.4 is 4.81 Å². The number of likely N-dealkylation sites (N-methyl/N-ethyl adjacent to an activating group) is 1. The third kappa shape index (κ3) is 3.19. The summed E-state index contributed by atoms with van der Waals surface area (Å²) in [6.45, 7) is 2.05. The fourth-order valence-corrected chi connectivity index (χ4v) is 2.99. The van der Waals surface area contributed by atoms with Gasteiger partial charge in [0.25, 0.3) is 0 Å². The Morgan fingerprint density at radius 3 is 2.52 bits per heavy atom. The zero-order chi connectivity index (χ0) is 14.9.